The molecule has 7 heteroatoms. The summed E-state index contributed by atoms with van der Waals surface area (Å²) in [4.78, 5) is 31.0. The lowest BCUT2D eigenvalue weighted by atomic mass is 10.1. The van der Waals surface area contributed by atoms with Gasteiger partial charge in [0, 0.05) is 12.3 Å². The van der Waals surface area contributed by atoms with Gasteiger partial charge < -0.3 is 9.47 Å². The summed E-state index contributed by atoms with van der Waals surface area (Å²) >= 11 is 1.32. The number of ether oxygens (including phenoxy) is 2. The quantitative estimate of drug-likeness (QED) is 0.291. The highest BCUT2D eigenvalue weighted by Crippen LogP contribution is 2.29. The number of benzene rings is 3. The first-order valence-corrected chi connectivity index (χ1v) is 11.6. The fourth-order valence-corrected chi connectivity index (χ4v) is 4.28. The Morgan fingerprint density at radius 3 is 2.47 bits per heavy atom. The molecule has 172 valence electrons. The van der Waals surface area contributed by atoms with Crippen molar-refractivity contribution in [1.29, 1.82) is 0 Å². The fraction of sp³-hybridized carbons (Fsp3) is 0.148. The first-order chi connectivity index (χ1) is 16.5. The number of nitrogens with zero attached hydrogens (tertiary/aromatic N) is 2. The molecule has 6 nitrogen and oxygen atoms in total. The summed E-state index contributed by atoms with van der Waals surface area (Å²) in [5.41, 5.74) is 3.81. The number of para-hydroxylation sites is 2. The smallest absolute Gasteiger partial charge is 0.342 e. The zero-order valence-electron chi connectivity index (χ0n) is 18.9. The largest absolute Gasteiger partial charge is 0.488 e. The van der Waals surface area contributed by atoms with Gasteiger partial charge in [-0.05, 0) is 36.8 Å². The highest BCUT2D eigenvalue weighted by molar-refractivity contribution is 7.14. The Bertz CT molecular complexity index is 1290. The van der Waals surface area contributed by atoms with Crippen molar-refractivity contribution < 1.29 is 19.1 Å². The molecule has 0 radical (unpaired) electrons. The number of esters is 1. The van der Waals surface area contributed by atoms with Gasteiger partial charge in [0.25, 0.3) is 0 Å². The van der Waals surface area contributed by atoms with Gasteiger partial charge in [0.05, 0.1) is 11.4 Å². The third-order valence-electron chi connectivity index (χ3n) is 5.00. The molecule has 4 rings (SSSR count). The molecule has 1 aromatic heterocycles. The summed E-state index contributed by atoms with van der Waals surface area (Å²) in [5.74, 6) is -0.190. The number of hydrogen-bond donors (Lipinski definition) is 0. The highest BCUT2D eigenvalue weighted by Gasteiger charge is 2.19. The average Bonchev–Trinajstić information content (AvgIpc) is 3.30. The lowest BCUT2D eigenvalue weighted by molar-refractivity contribution is -0.115. The van der Waals surface area contributed by atoms with Crippen LogP contribution in [-0.4, -0.2) is 16.9 Å². The number of amides is 1. The van der Waals surface area contributed by atoms with E-state index in [9.17, 15) is 9.59 Å². The highest BCUT2D eigenvalue weighted by atomic mass is 32.1. The molecular formula is C27H24N2O4S. The van der Waals surface area contributed by atoms with Gasteiger partial charge in [-0.1, -0.05) is 60.2 Å². The van der Waals surface area contributed by atoms with Crippen molar-refractivity contribution in [3.8, 4) is 5.75 Å². The van der Waals surface area contributed by atoms with Crippen molar-refractivity contribution in [3.63, 3.8) is 0 Å². The first kappa shape index (κ1) is 23.2. The number of carbonyl (C=O) groups is 2. The molecule has 1 amide bonds. The Morgan fingerprint density at radius 1 is 0.941 bits per heavy atom. The number of rotatable bonds is 8. The molecule has 0 atom stereocenters. The molecule has 0 unspecified atom stereocenters. The van der Waals surface area contributed by atoms with Crippen LogP contribution >= 0.6 is 11.3 Å². The predicted octanol–water partition coefficient (Wildman–Crippen LogP) is 6.07. The van der Waals surface area contributed by atoms with E-state index < -0.39 is 5.97 Å². The van der Waals surface area contributed by atoms with Crippen molar-refractivity contribution in [3.05, 3.63) is 107 Å². The monoisotopic (exact) mass is 472 g/mol. The number of aromatic nitrogens is 1. The maximum atomic E-state index is 12.8. The SMILES string of the molecule is CC(=O)N(c1ccccc1)c1nc(COC(=O)c2ccccc2OCc2cccc(C)c2)cs1. The van der Waals surface area contributed by atoms with Crippen molar-refractivity contribution >= 4 is 34.0 Å². The summed E-state index contributed by atoms with van der Waals surface area (Å²) in [6, 6.07) is 24.3. The van der Waals surface area contributed by atoms with Gasteiger partial charge in [-0.2, -0.15) is 0 Å². The van der Waals surface area contributed by atoms with Gasteiger partial charge in [0.15, 0.2) is 5.13 Å². The van der Waals surface area contributed by atoms with E-state index in [-0.39, 0.29) is 12.5 Å². The van der Waals surface area contributed by atoms with Crippen LogP contribution in [0.4, 0.5) is 10.8 Å². The van der Waals surface area contributed by atoms with Crippen LogP contribution in [0.15, 0.2) is 84.2 Å². The van der Waals surface area contributed by atoms with Gasteiger partial charge in [-0.25, -0.2) is 9.78 Å². The molecule has 0 N–H and O–H groups in total. The Kier molecular flexibility index (Phi) is 7.34. The second-order valence-electron chi connectivity index (χ2n) is 7.66. The number of thiazole rings is 1. The van der Waals surface area contributed by atoms with E-state index in [1.165, 1.54) is 23.2 Å². The van der Waals surface area contributed by atoms with Crippen molar-refractivity contribution in [2.24, 2.45) is 0 Å². The predicted molar refractivity (Wildman–Crippen MR) is 132 cm³/mol. The summed E-state index contributed by atoms with van der Waals surface area (Å²) in [6.07, 6.45) is 0. The summed E-state index contributed by atoms with van der Waals surface area (Å²) in [7, 11) is 0. The molecule has 3 aromatic carbocycles. The van der Waals surface area contributed by atoms with Crippen LogP contribution in [0.25, 0.3) is 0 Å². The molecule has 34 heavy (non-hydrogen) atoms. The van der Waals surface area contributed by atoms with Crippen LogP contribution in [0.2, 0.25) is 0 Å². The van der Waals surface area contributed by atoms with Crippen molar-refractivity contribution in [2.75, 3.05) is 4.90 Å². The van der Waals surface area contributed by atoms with E-state index in [0.717, 1.165) is 16.8 Å². The molecule has 0 aliphatic carbocycles. The second kappa shape index (κ2) is 10.8. The van der Waals surface area contributed by atoms with E-state index in [2.05, 4.69) is 4.98 Å². The lowest BCUT2D eigenvalue weighted by Crippen LogP contribution is -2.22. The number of aryl methyl sites for hydroxylation is 1. The number of carbonyl (C=O) groups excluding carboxylic acids is 2. The molecule has 1 heterocycles. The van der Waals surface area contributed by atoms with E-state index in [0.29, 0.717) is 28.7 Å². The Balaban J connectivity index is 1.42. The third-order valence-corrected chi connectivity index (χ3v) is 5.87. The lowest BCUT2D eigenvalue weighted by Gasteiger charge is -2.17. The molecule has 4 aromatic rings. The minimum Gasteiger partial charge on any atom is -0.488 e. The Morgan fingerprint density at radius 2 is 1.71 bits per heavy atom. The minimum absolute atomic E-state index is 0.0118. The molecule has 0 fully saturated rings. The van der Waals surface area contributed by atoms with Gasteiger partial charge >= 0.3 is 5.97 Å². The van der Waals surface area contributed by atoms with Crippen LogP contribution in [0.1, 0.15) is 34.1 Å². The van der Waals surface area contributed by atoms with E-state index in [4.69, 9.17) is 9.47 Å². The third kappa shape index (κ3) is 5.68. The van der Waals surface area contributed by atoms with Gasteiger partial charge in [-0.15, -0.1) is 11.3 Å². The van der Waals surface area contributed by atoms with Crippen LogP contribution in [0.3, 0.4) is 0 Å². The molecular weight excluding hydrogens is 448 g/mol. The van der Waals surface area contributed by atoms with Crippen LogP contribution < -0.4 is 9.64 Å². The average molecular weight is 473 g/mol. The van der Waals surface area contributed by atoms with Crippen LogP contribution in [0, 0.1) is 6.92 Å². The van der Waals surface area contributed by atoms with Gasteiger partial charge in [0.2, 0.25) is 5.91 Å². The van der Waals surface area contributed by atoms with Crippen LogP contribution in [-0.2, 0) is 22.7 Å². The zero-order chi connectivity index (χ0) is 23.9. The fourth-order valence-electron chi connectivity index (χ4n) is 3.41. The summed E-state index contributed by atoms with van der Waals surface area (Å²) < 4.78 is 11.4. The van der Waals surface area contributed by atoms with E-state index in [1.807, 2.05) is 67.6 Å². The molecule has 0 saturated carbocycles. The molecule has 0 bridgehead atoms. The van der Waals surface area contributed by atoms with Crippen molar-refractivity contribution in [2.45, 2.75) is 27.1 Å². The maximum absolute atomic E-state index is 12.8. The first-order valence-electron chi connectivity index (χ1n) is 10.8. The molecule has 0 saturated heterocycles. The minimum atomic E-state index is -0.499. The normalized spacial score (nSPS) is 10.5. The molecule has 0 aliphatic rings. The second-order valence-corrected chi connectivity index (χ2v) is 8.50. The number of anilines is 2. The Hall–Kier alpha value is -3.97. The van der Waals surface area contributed by atoms with Gasteiger partial charge in [0.1, 0.15) is 24.5 Å². The van der Waals surface area contributed by atoms with Gasteiger partial charge in [-0.3, -0.25) is 9.69 Å². The summed E-state index contributed by atoms with van der Waals surface area (Å²) in [6.45, 7) is 3.85. The standard InChI is InChI=1S/C27H24N2O4S/c1-19-9-8-10-21(15-19)16-32-25-14-7-6-13-24(25)26(31)33-17-22-18-34-27(28-22)29(20(2)30)23-11-4-3-5-12-23/h3-15,18H,16-17H2,1-2H3. The van der Waals surface area contributed by atoms with Crippen molar-refractivity contribution in [1.82, 2.24) is 4.98 Å². The number of hydrogen-bond acceptors (Lipinski definition) is 6. The molecule has 0 aliphatic heterocycles. The van der Waals surface area contributed by atoms with E-state index >= 15 is 0 Å². The molecule has 0 spiro atoms. The van der Waals surface area contributed by atoms with E-state index in [1.54, 1.807) is 23.6 Å². The maximum Gasteiger partial charge on any atom is 0.342 e. The Labute approximate surface area is 202 Å². The zero-order valence-corrected chi connectivity index (χ0v) is 19.7. The topological polar surface area (TPSA) is 68.7 Å². The van der Waals surface area contributed by atoms with Crippen LogP contribution in [0.5, 0.6) is 5.75 Å². The summed E-state index contributed by atoms with van der Waals surface area (Å²) in [5, 5.41) is 2.30.